The lowest BCUT2D eigenvalue weighted by Crippen LogP contribution is -2.45. The first-order valence-electron chi connectivity index (χ1n) is 7.33. The Bertz CT molecular complexity index is 634. The summed E-state index contributed by atoms with van der Waals surface area (Å²) in [6, 6.07) is 1.75. The molecule has 1 fully saturated rings. The van der Waals surface area contributed by atoms with Crippen LogP contribution in [0, 0.1) is 0 Å². The monoisotopic (exact) mass is 303 g/mol. The summed E-state index contributed by atoms with van der Waals surface area (Å²) < 4.78 is 13.1. The number of hydrogen-bond acceptors (Lipinski definition) is 6. The molecule has 0 aliphatic carbocycles. The largest absolute Gasteiger partial charge is 0.481 e. The number of hydrogen-bond donors (Lipinski definition) is 0. The number of nitrogens with zero attached hydrogens (tertiary/aromatic N) is 5. The van der Waals surface area contributed by atoms with E-state index in [1.54, 1.807) is 26.5 Å². The van der Waals surface area contributed by atoms with E-state index in [1.165, 1.54) is 0 Å². The van der Waals surface area contributed by atoms with Crippen molar-refractivity contribution in [2.24, 2.45) is 7.05 Å². The molecule has 118 valence electrons. The molecule has 3 heterocycles. The maximum Gasteiger partial charge on any atom is 0.228 e. The SMILES string of the molecule is COc1ccnc(N2CCC(OC)(c3nccn3C)CC2)n1. The Balaban J connectivity index is 1.77. The fourth-order valence-electron chi connectivity index (χ4n) is 2.99. The molecule has 0 atom stereocenters. The van der Waals surface area contributed by atoms with Crippen LogP contribution in [0.4, 0.5) is 5.95 Å². The molecule has 0 N–H and O–H groups in total. The summed E-state index contributed by atoms with van der Waals surface area (Å²) in [5.41, 5.74) is -0.340. The quantitative estimate of drug-likeness (QED) is 0.850. The Hall–Kier alpha value is -2.15. The third-order valence-electron chi connectivity index (χ3n) is 4.30. The lowest BCUT2D eigenvalue weighted by molar-refractivity contribution is -0.0438. The predicted molar refractivity (Wildman–Crippen MR) is 81.9 cm³/mol. The van der Waals surface area contributed by atoms with Gasteiger partial charge in [0.2, 0.25) is 11.8 Å². The average molecular weight is 303 g/mol. The highest BCUT2D eigenvalue weighted by molar-refractivity contribution is 5.33. The van der Waals surface area contributed by atoms with Crippen molar-refractivity contribution >= 4 is 5.95 Å². The van der Waals surface area contributed by atoms with Gasteiger partial charge in [-0.05, 0) is 0 Å². The summed E-state index contributed by atoms with van der Waals surface area (Å²) in [5, 5.41) is 0. The van der Waals surface area contributed by atoms with Crippen molar-refractivity contribution in [2.75, 3.05) is 32.2 Å². The Morgan fingerprint density at radius 1 is 1.14 bits per heavy atom. The molecule has 0 amide bonds. The van der Waals surface area contributed by atoms with Crippen LogP contribution in [0.3, 0.4) is 0 Å². The lowest BCUT2D eigenvalue weighted by Gasteiger charge is -2.40. The third-order valence-corrected chi connectivity index (χ3v) is 4.30. The van der Waals surface area contributed by atoms with Crippen LogP contribution in [-0.2, 0) is 17.4 Å². The molecule has 1 aliphatic rings. The highest BCUT2D eigenvalue weighted by atomic mass is 16.5. The number of anilines is 1. The summed E-state index contributed by atoms with van der Waals surface area (Å²) >= 11 is 0. The first kappa shape index (κ1) is 14.8. The Kier molecular flexibility index (Phi) is 3.98. The van der Waals surface area contributed by atoms with E-state index in [2.05, 4.69) is 19.9 Å². The van der Waals surface area contributed by atoms with Gasteiger partial charge in [-0.1, -0.05) is 0 Å². The summed E-state index contributed by atoms with van der Waals surface area (Å²) in [6.07, 6.45) is 7.17. The zero-order valence-electron chi connectivity index (χ0n) is 13.2. The normalized spacial score (nSPS) is 17.5. The molecule has 0 radical (unpaired) electrons. The maximum atomic E-state index is 5.86. The van der Waals surface area contributed by atoms with Crippen molar-refractivity contribution in [3.63, 3.8) is 0 Å². The van der Waals surface area contributed by atoms with E-state index < -0.39 is 0 Å². The van der Waals surface area contributed by atoms with Gasteiger partial charge < -0.3 is 18.9 Å². The summed E-state index contributed by atoms with van der Waals surface area (Å²) in [6.45, 7) is 1.63. The highest BCUT2D eigenvalue weighted by Gasteiger charge is 2.40. The van der Waals surface area contributed by atoms with E-state index in [4.69, 9.17) is 9.47 Å². The van der Waals surface area contributed by atoms with Gasteiger partial charge in [-0.2, -0.15) is 4.98 Å². The summed E-state index contributed by atoms with van der Waals surface area (Å²) in [5.74, 6) is 2.25. The second-order valence-corrected chi connectivity index (χ2v) is 5.45. The van der Waals surface area contributed by atoms with E-state index in [1.807, 2.05) is 24.0 Å². The zero-order valence-corrected chi connectivity index (χ0v) is 13.2. The Labute approximate surface area is 129 Å². The van der Waals surface area contributed by atoms with Crippen molar-refractivity contribution in [3.8, 4) is 5.88 Å². The Morgan fingerprint density at radius 2 is 1.91 bits per heavy atom. The summed E-state index contributed by atoms with van der Waals surface area (Å²) in [4.78, 5) is 15.4. The van der Waals surface area contributed by atoms with E-state index in [0.717, 1.165) is 31.8 Å². The fourth-order valence-corrected chi connectivity index (χ4v) is 2.99. The van der Waals surface area contributed by atoms with Gasteiger partial charge in [-0.15, -0.1) is 0 Å². The van der Waals surface area contributed by atoms with Crippen molar-refractivity contribution in [3.05, 3.63) is 30.5 Å². The molecule has 0 unspecified atom stereocenters. The van der Waals surface area contributed by atoms with Gasteiger partial charge in [0, 0.05) is 64.7 Å². The van der Waals surface area contributed by atoms with Crippen molar-refractivity contribution in [1.82, 2.24) is 19.5 Å². The maximum absolute atomic E-state index is 5.86. The van der Waals surface area contributed by atoms with Crippen LogP contribution in [0.5, 0.6) is 5.88 Å². The van der Waals surface area contributed by atoms with Crippen LogP contribution in [0.1, 0.15) is 18.7 Å². The highest BCUT2D eigenvalue weighted by Crippen LogP contribution is 2.35. The molecule has 2 aromatic rings. The van der Waals surface area contributed by atoms with Gasteiger partial charge in [0.05, 0.1) is 7.11 Å². The molecule has 0 aromatic carbocycles. The van der Waals surface area contributed by atoms with Crippen molar-refractivity contribution in [2.45, 2.75) is 18.4 Å². The molecule has 7 heteroatoms. The van der Waals surface area contributed by atoms with Gasteiger partial charge in [-0.3, -0.25) is 0 Å². The number of rotatable bonds is 4. The minimum Gasteiger partial charge on any atom is -0.481 e. The van der Waals surface area contributed by atoms with Gasteiger partial charge in [-0.25, -0.2) is 9.97 Å². The Morgan fingerprint density at radius 3 is 2.50 bits per heavy atom. The number of piperidine rings is 1. The third kappa shape index (κ3) is 2.52. The smallest absolute Gasteiger partial charge is 0.228 e. The van der Waals surface area contributed by atoms with E-state index in [-0.39, 0.29) is 5.60 Å². The van der Waals surface area contributed by atoms with Crippen LogP contribution in [0.25, 0.3) is 0 Å². The second-order valence-electron chi connectivity index (χ2n) is 5.45. The minimum atomic E-state index is -0.340. The van der Waals surface area contributed by atoms with E-state index >= 15 is 0 Å². The topological polar surface area (TPSA) is 65.3 Å². The molecule has 0 bridgehead atoms. The van der Waals surface area contributed by atoms with Crippen LogP contribution in [0.2, 0.25) is 0 Å². The molecule has 0 saturated carbocycles. The van der Waals surface area contributed by atoms with Gasteiger partial charge in [0.1, 0.15) is 11.4 Å². The van der Waals surface area contributed by atoms with E-state index in [0.29, 0.717) is 11.8 Å². The van der Waals surface area contributed by atoms with Gasteiger partial charge >= 0.3 is 0 Å². The molecule has 1 aliphatic heterocycles. The first-order valence-corrected chi connectivity index (χ1v) is 7.33. The average Bonchev–Trinajstić information content (AvgIpc) is 3.01. The first-order chi connectivity index (χ1) is 10.7. The van der Waals surface area contributed by atoms with Crippen LogP contribution in [-0.4, -0.2) is 46.8 Å². The van der Waals surface area contributed by atoms with E-state index in [9.17, 15) is 0 Å². The fraction of sp³-hybridized carbons (Fsp3) is 0.533. The number of aromatic nitrogens is 4. The van der Waals surface area contributed by atoms with Crippen LogP contribution in [0.15, 0.2) is 24.7 Å². The predicted octanol–water partition coefficient (Wildman–Crippen LogP) is 1.36. The molecular formula is C15H21N5O2. The van der Waals surface area contributed by atoms with Crippen LogP contribution < -0.4 is 9.64 Å². The lowest BCUT2D eigenvalue weighted by atomic mass is 9.90. The van der Waals surface area contributed by atoms with Crippen LogP contribution >= 0.6 is 0 Å². The number of aryl methyl sites for hydroxylation is 1. The molecule has 3 rings (SSSR count). The molecular weight excluding hydrogens is 282 g/mol. The number of methoxy groups -OCH3 is 2. The number of ether oxygens (including phenoxy) is 2. The summed E-state index contributed by atoms with van der Waals surface area (Å²) in [7, 11) is 5.37. The van der Waals surface area contributed by atoms with Crippen molar-refractivity contribution < 1.29 is 9.47 Å². The second kappa shape index (κ2) is 5.92. The number of imidazole rings is 1. The molecule has 22 heavy (non-hydrogen) atoms. The van der Waals surface area contributed by atoms with Crippen molar-refractivity contribution in [1.29, 1.82) is 0 Å². The molecule has 2 aromatic heterocycles. The van der Waals surface area contributed by atoms with Gasteiger partial charge in [0.25, 0.3) is 0 Å². The molecule has 0 spiro atoms. The molecule has 7 nitrogen and oxygen atoms in total. The van der Waals surface area contributed by atoms with Gasteiger partial charge in [0.15, 0.2) is 0 Å². The molecule has 1 saturated heterocycles. The minimum absolute atomic E-state index is 0.340. The standard InChI is InChI=1S/C15H21N5O2/c1-19-11-8-16-13(19)15(22-3)5-9-20(10-6-15)14-17-7-4-12(18-14)21-2/h4,7-8,11H,5-6,9-10H2,1-3H3. The zero-order chi connectivity index (χ0) is 15.6.